The van der Waals surface area contributed by atoms with Gasteiger partial charge in [-0.05, 0) is 12.5 Å². The third kappa shape index (κ3) is 2.80. The minimum Gasteiger partial charge on any atom is -0.479 e. The maximum Gasteiger partial charge on any atom is 0.350 e. The summed E-state index contributed by atoms with van der Waals surface area (Å²) in [5.41, 5.74) is -1.79. The predicted octanol–water partition coefficient (Wildman–Crippen LogP) is 0.565. The van der Waals surface area contributed by atoms with Crippen LogP contribution in [0.4, 0.5) is 0 Å². The molecule has 16 heavy (non-hydrogen) atoms. The highest BCUT2D eigenvalue weighted by Gasteiger charge is 2.40. The Bertz CT molecular complexity index is 383. The molecule has 1 rings (SSSR count). The van der Waals surface area contributed by atoms with Crippen molar-refractivity contribution >= 4 is 11.9 Å². The Labute approximate surface area is 92.3 Å². The van der Waals surface area contributed by atoms with Crippen LogP contribution >= 0.6 is 0 Å². The molecule has 0 aliphatic heterocycles. The van der Waals surface area contributed by atoms with E-state index in [0.717, 1.165) is 12.5 Å². The van der Waals surface area contributed by atoms with E-state index in [1.165, 1.54) is 0 Å². The monoisotopic (exact) mass is 224 g/mol. The van der Waals surface area contributed by atoms with Gasteiger partial charge < -0.3 is 14.9 Å². The number of aliphatic hydroxyl groups is 1. The number of ether oxygens (including phenoxy) is 1. The third-order valence-electron chi connectivity index (χ3n) is 2.03. The molecule has 0 aliphatic rings. The molecule has 1 aromatic carbocycles. The molecule has 2 N–H and O–H groups in total. The van der Waals surface area contributed by atoms with E-state index in [-0.39, 0.29) is 6.61 Å². The normalized spacial score (nSPS) is 13.9. The van der Waals surface area contributed by atoms with Crippen molar-refractivity contribution in [1.29, 1.82) is 0 Å². The fourth-order valence-electron chi connectivity index (χ4n) is 0.951. The van der Waals surface area contributed by atoms with E-state index in [0.29, 0.717) is 0 Å². The van der Waals surface area contributed by atoms with E-state index in [2.05, 4.69) is 4.74 Å². The van der Waals surface area contributed by atoms with Crippen molar-refractivity contribution in [2.24, 2.45) is 0 Å². The summed E-state index contributed by atoms with van der Waals surface area (Å²) in [4.78, 5) is 21.7. The molecular formula is C11H12O5. The lowest BCUT2D eigenvalue weighted by Gasteiger charge is -2.16. The lowest BCUT2D eigenvalue weighted by molar-refractivity contribution is -0.178. The Morgan fingerprint density at radius 2 is 1.88 bits per heavy atom. The molecule has 0 radical (unpaired) electrons. The molecule has 1 unspecified atom stereocenters. The molecule has 0 saturated heterocycles. The van der Waals surface area contributed by atoms with Crippen molar-refractivity contribution in [3.63, 3.8) is 0 Å². The second kappa shape index (κ2) is 4.76. The molecule has 0 fully saturated rings. The van der Waals surface area contributed by atoms with Gasteiger partial charge in [-0.3, -0.25) is 0 Å². The van der Waals surface area contributed by atoms with Crippen LogP contribution in [0.1, 0.15) is 12.5 Å². The predicted molar refractivity (Wildman–Crippen MR) is 54.5 cm³/mol. The summed E-state index contributed by atoms with van der Waals surface area (Å²) in [6, 6.07) is 8.78. The number of esters is 1. The Kier molecular flexibility index (Phi) is 3.63. The fourth-order valence-corrected chi connectivity index (χ4v) is 0.951. The zero-order chi connectivity index (χ0) is 12.2. The highest BCUT2D eigenvalue weighted by Crippen LogP contribution is 2.09. The lowest BCUT2D eigenvalue weighted by atomic mass is 10.1. The van der Waals surface area contributed by atoms with Gasteiger partial charge in [0.1, 0.15) is 6.61 Å². The molecule has 0 amide bonds. The largest absolute Gasteiger partial charge is 0.479 e. The fraction of sp³-hybridized carbons (Fsp3) is 0.273. The van der Waals surface area contributed by atoms with Gasteiger partial charge in [0.25, 0.3) is 5.60 Å². The van der Waals surface area contributed by atoms with E-state index in [1.807, 2.05) is 0 Å². The Morgan fingerprint density at radius 1 is 1.31 bits per heavy atom. The minimum absolute atomic E-state index is 0.0664. The molecule has 0 heterocycles. The summed E-state index contributed by atoms with van der Waals surface area (Å²) >= 11 is 0. The average molecular weight is 224 g/mol. The van der Waals surface area contributed by atoms with Crippen LogP contribution in [0.2, 0.25) is 0 Å². The van der Waals surface area contributed by atoms with Gasteiger partial charge in [0, 0.05) is 0 Å². The Morgan fingerprint density at radius 3 is 2.38 bits per heavy atom. The van der Waals surface area contributed by atoms with Crippen LogP contribution in [0.3, 0.4) is 0 Å². The van der Waals surface area contributed by atoms with Crippen molar-refractivity contribution in [2.45, 2.75) is 19.1 Å². The van der Waals surface area contributed by atoms with Gasteiger partial charge in [-0.25, -0.2) is 9.59 Å². The van der Waals surface area contributed by atoms with Gasteiger partial charge in [0.2, 0.25) is 0 Å². The van der Waals surface area contributed by atoms with Crippen molar-refractivity contribution < 1.29 is 24.5 Å². The zero-order valence-corrected chi connectivity index (χ0v) is 8.71. The van der Waals surface area contributed by atoms with Crippen LogP contribution in [0.25, 0.3) is 0 Å². The first-order valence-corrected chi connectivity index (χ1v) is 4.61. The maximum absolute atomic E-state index is 11.2. The minimum atomic E-state index is -2.51. The molecule has 0 saturated carbocycles. The Balaban J connectivity index is 2.57. The van der Waals surface area contributed by atoms with Crippen molar-refractivity contribution in [2.75, 3.05) is 0 Å². The van der Waals surface area contributed by atoms with Gasteiger partial charge in [0.15, 0.2) is 0 Å². The molecule has 5 nitrogen and oxygen atoms in total. The first-order chi connectivity index (χ1) is 7.44. The number of hydrogen-bond acceptors (Lipinski definition) is 4. The van der Waals surface area contributed by atoms with E-state index < -0.39 is 17.5 Å². The molecule has 1 atom stereocenters. The molecule has 5 heteroatoms. The average Bonchev–Trinajstić information content (AvgIpc) is 2.27. The van der Waals surface area contributed by atoms with Gasteiger partial charge in [-0.15, -0.1) is 0 Å². The highest BCUT2D eigenvalue weighted by molar-refractivity contribution is 6.01. The van der Waals surface area contributed by atoms with Crippen LogP contribution < -0.4 is 0 Å². The molecule has 0 aromatic heterocycles. The topological polar surface area (TPSA) is 83.8 Å². The second-order valence-electron chi connectivity index (χ2n) is 3.44. The molecule has 0 spiro atoms. The highest BCUT2D eigenvalue weighted by atomic mass is 16.6. The SMILES string of the molecule is CC(O)(C(=O)O)C(=O)OCc1ccccc1. The summed E-state index contributed by atoms with van der Waals surface area (Å²) in [6.45, 7) is 0.811. The smallest absolute Gasteiger partial charge is 0.350 e. The summed E-state index contributed by atoms with van der Waals surface area (Å²) < 4.78 is 4.68. The molecular weight excluding hydrogens is 212 g/mol. The van der Waals surface area contributed by atoms with Crippen LogP contribution in [0.15, 0.2) is 30.3 Å². The maximum atomic E-state index is 11.2. The number of aliphatic carboxylic acids is 1. The lowest BCUT2D eigenvalue weighted by Crippen LogP contribution is -2.44. The van der Waals surface area contributed by atoms with Crippen LogP contribution in [-0.4, -0.2) is 27.8 Å². The number of carbonyl (C=O) groups excluding carboxylic acids is 1. The van der Waals surface area contributed by atoms with Crippen molar-refractivity contribution in [3.8, 4) is 0 Å². The summed E-state index contributed by atoms with van der Waals surface area (Å²) in [6.07, 6.45) is 0. The van der Waals surface area contributed by atoms with Crippen LogP contribution in [0, 0.1) is 0 Å². The van der Waals surface area contributed by atoms with Crippen LogP contribution in [-0.2, 0) is 20.9 Å². The standard InChI is InChI=1S/C11H12O5/c1-11(15,9(12)13)10(14)16-7-8-5-3-2-4-6-8/h2-6,15H,7H2,1H3,(H,12,13). The van der Waals surface area contributed by atoms with Gasteiger partial charge in [0.05, 0.1) is 0 Å². The molecule has 86 valence electrons. The number of rotatable bonds is 4. The third-order valence-corrected chi connectivity index (χ3v) is 2.03. The number of hydrogen-bond donors (Lipinski definition) is 2. The quantitative estimate of drug-likeness (QED) is 0.577. The number of benzene rings is 1. The van der Waals surface area contributed by atoms with Crippen molar-refractivity contribution in [3.05, 3.63) is 35.9 Å². The first-order valence-electron chi connectivity index (χ1n) is 4.61. The zero-order valence-electron chi connectivity index (χ0n) is 8.71. The number of carboxylic acid groups (broad SMARTS) is 1. The van der Waals surface area contributed by atoms with E-state index in [9.17, 15) is 14.7 Å². The first kappa shape index (κ1) is 12.2. The number of carboxylic acids is 1. The number of carbonyl (C=O) groups is 2. The van der Waals surface area contributed by atoms with Crippen LogP contribution in [0.5, 0.6) is 0 Å². The Hall–Kier alpha value is -1.88. The summed E-state index contributed by atoms with van der Waals surface area (Å²) in [5, 5.41) is 17.8. The molecule has 0 bridgehead atoms. The molecule has 1 aromatic rings. The second-order valence-corrected chi connectivity index (χ2v) is 3.44. The van der Waals surface area contributed by atoms with Gasteiger partial charge in [-0.1, -0.05) is 30.3 Å². The molecule has 0 aliphatic carbocycles. The summed E-state index contributed by atoms with van der Waals surface area (Å²) in [7, 11) is 0. The van der Waals surface area contributed by atoms with Crippen molar-refractivity contribution in [1.82, 2.24) is 0 Å². The summed E-state index contributed by atoms with van der Waals surface area (Å²) in [5.74, 6) is -2.81. The van der Waals surface area contributed by atoms with E-state index >= 15 is 0 Å². The van der Waals surface area contributed by atoms with E-state index in [1.54, 1.807) is 30.3 Å². The van der Waals surface area contributed by atoms with Gasteiger partial charge in [-0.2, -0.15) is 0 Å². The van der Waals surface area contributed by atoms with Gasteiger partial charge >= 0.3 is 11.9 Å². The van der Waals surface area contributed by atoms with E-state index in [4.69, 9.17) is 5.11 Å².